The highest BCUT2D eigenvalue weighted by atomic mass is 19.1. The molecule has 0 aliphatic rings. The summed E-state index contributed by atoms with van der Waals surface area (Å²) < 4.78 is 14.0. The summed E-state index contributed by atoms with van der Waals surface area (Å²) in [5, 5.41) is 9.31. The maximum Gasteiger partial charge on any atom is 0.241 e. The zero-order chi connectivity index (χ0) is 14.4. The van der Waals surface area contributed by atoms with Crippen LogP contribution in [-0.4, -0.2) is 43.1 Å². The van der Waals surface area contributed by atoms with Gasteiger partial charge in [0.25, 0.3) is 0 Å². The van der Waals surface area contributed by atoms with Crippen LogP contribution >= 0.6 is 0 Å². The van der Waals surface area contributed by atoms with Gasteiger partial charge in [0.15, 0.2) is 0 Å². The number of benzene rings is 1. The third-order valence-corrected chi connectivity index (χ3v) is 2.88. The second-order valence-corrected chi connectivity index (χ2v) is 4.62. The number of carbonyl (C=O) groups excluding carboxylic acids is 1. The standard InChI is InChI=1S/C14H21FN2O2/c1-4-8-17(9-13(19)16(2)3)14-11(10-18)6-5-7-12(14)15/h5-7,18H,4,8-10H2,1-3H3. The van der Waals surface area contributed by atoms with Gasteiger partial charge in [-0.25, -0.2) is 4.39 Å². The Hall–Kier alpha value is -1.62. The maximum atomic E-state index is 14.0. The molecule has 0 aliphatic carbocycles. The lowest BCUT2D eigenvalue weighted by Gasteiger charge is -2.27. The molecule has 0 heterocycles. The first-order valence-corrected chi connectivity index (χ1v) is 6.34. The molecule has 106 valence electrons. The highest BCUT2D eigenvalue weighted by molar-refractivity contribution is 5.81. The topological polar surface area (TPSA) is 43.8 Å². The van der Waals surface area contributed by atoms with Crippen LogP contribution in [0.4, 0.5) is 10.1 Å². The Balaban J connectivity index is 3.08. The molecule has 0 saturated heterocycles. The maximum absolute atomic E-state index is 14.0. The van der Waals surface area contributed by atoms with E-state index in [1.54, 1.807) is 31.1 Å². The molecular formula is C14H21FN2O2. The van der Waals surface area contributed by atoms with Crippen LogP contribution in [0.5, 0.6) is 0 Å². The van der Waals surface area contributed by atoms with Crippen molar-refractivity contribution in [2.75, 3.05) is 32.1 Å². The number of hydrogen-bond donors (Lipinski definition) is 1. The van der Waals surface area contributed by atoms with E-state index < -0.39 is 5.82 Å². The number of carbonyl (C=O) groups is 1. The number of amides is 1. The molecule has 19 heavy (non-hydrogen) atoms. The highest BCUT2D eigenvalue weighted by Gasteiger charge is 2.18. The molecule has 0 aliphatic heterocycles. The third kappa shape index (κ3) is 3.92. The molecule has 1 amide bonds. The van der Waals surface area contributed by atoms with E-state index in [0.29, 0.717) is 17.8 Å². The Morgan fingerprint density at radius 2 is 2.05 bits per heavy atom. The van der Waals surface area contributed by atoms with Gasteiger partial charge in [0.1, 0.15) is 5.82 Å². The van der Waals surface area contributed by atoms with E-state index in [2.05, 4.69) is 0 Å². The molecule has 5 heteroatoms. The number of rotatable bonds is 6. The van der Waals surface area contributed by atoms with Crippen molar-refractivity contribution >= 4 is 11.6 Å². The summed E-state index contributed by atoms with van der Waals surface area (Å²) in [6.45, 7) is 2.39. The van der Waals surface area contributed by atoms with Gasteiger partial charge in [0.05, 0.1) is 18.8 Å². The van der Waals surface area contributed by atoms with Gasteiger partial charge >= 0.3 is 0 Å². The smallest absolute Gasteiger partial charge is 0.241 e. The van der Waals surface area contributed by atoms with Crippen LogP contribution in [0, 0.1) is 5.82 Å². The minimum absolute atomic E-state index is 0.0967. The van der Waals surface area contributed by atoms with Crippen LogP contribution in [0.2, 0.25) is 0 Å². The molecular weight excluding hydrogens is 247 g/mol. The summed E-state index contributed by atoms with van der Waals surface area (Å²) in [5.74, 6) is -0.507. The van der Waals surface area contributed by atoms with Crippen LogP contribution in [-0.2, 0) is 11.4 Å². The van der Waals surface area contributed by atoms with Crippen molar-refractivity contribution in [1.29, 1.82) is 0 Å². The molecule has 0 unspecified atom stereocenters. The van der Waals surface area contributed by atoms with Gasteiger partial charge in [-0.1, -0.05) is 19.1 Å². The van der Waals surface area contributed by atoms with E-state index in [1.165, 1.54) is 11.0 Å². The van der Waals surface area contributed by atoms with Crippen molar-refractivity contribution in [3.63, 3.8) is 0 Å². The molecule has 0 atom stereocenters. The number of aliphatic hydroxyl groups excluding tert-OH is 1. The fourth-order valence-electron chi connectivity index (χ4n) is 1.89. The SMILES string of the molecule is CCCN(CC(=O)N(C)C)c1c(F)cccc1CO. The van der Waals surface area contributed by atoms with E-state index in [-0.39, 0.29) is 19.1 Å². The molecule has 0 aromatic heterocycles. The quantitative estimate of drug-likeness (QED) is 0.852. The zero-order valence-corrected chi connectivity index (χ0v) is 11.7. The zero-order valence-electron chi connectivity index (χ0n) is 11.7. The largest absolute Gasteiger partial charge is 0.392 e. The predicted molar refractivity (Wildman–Crippen MR) is 73.5 cm³/mol. The second kappa shape index (κ2) is 7.09. The lowest BCUT2D eigenvalue weighted by Crippen LogP contribution is -2.38. The Kier molecular flexibility index (Phi) is 5.76. The summed E-state index contributed by atoms with van der Waals surface area (Å²) in [7, 11) is 3.33. The minimum Gasteiger partial charge on any atom is -0.392 e. The Bertz CT molecular complexity index is 435. The van der Waals surface area contributed by atoms with Crippen molar-refractivity contribution in [3.05, 3.63) is 29.6 Å². The van der Waals surface area contributed by atoms with Gasteiger partial charge in [-0.3, -0.25) is 4.79 Å². The molecule has 0 saturated carbocycles. The molecule has 1 aromatic rings. The number of halogens is 1. The summed E-state index contributed by atoms with van der Waals surface area (Å²) in [5.41, 5.74) is 0.821. The van der Waals surface area contributed by atoms with Crippen molar-refractivity contribution in [1.82, 2.24) is 4.90 Å². The number of para-hydroxylation sites is 1. The number of anilines is 1. The van der Waals surface area contributed by atoms with Crippen LogP contribution in [0.15, 0.2) is 18.2 Å². The molecule has 0 fully saturated rings. The van der Waals surface area contributed by atoms with E-state index >= 15 is 0 Å². The number of hydrogen-bond acceptors (Lipinski definition) is 3. The van der Waals surface area contributed by atoms with Gasteiger partial charge in [0.2, 0.25) is 5.91 Å². The lowest BCUT2D eigenvalue weighted by atomic mass is 10.1. The van der Waals surface area contributed by atoms with Crippen molar-refractivity contribution in [2.24, 2.45) is 0 Å². The van der Waals surface area contributed by atoms with Gasteiger partial charge in [-0.15, -0.1) is 0 Å². The first-order valence-electron chi connectivity index (χ1n) is 6.34. The number of likely N-dealkylation sites (N-methyl/N-ethyl adjacent to an activating group) is 1. The fraction of sp³-hybridized carbons (Fsp3) is 0.500. The number of nitrogens with zero attached hydrogens (tertiary/aromatic N) is 2. The minimum atomic E-state index is -0.411. The van der Waals surface area contributed by atoms with Crippen LogP contribution < -0.4 is 4.90 Å². The van der Waals surface area contributed by atoms with E-state index in [1.807, 2.05) is 6.92 Å². The molecule has 1 aromatic carbocycles. The van der Waals surface area contributed by atoms with Crippen molar-refractivity contribution in [2.45, 2.75) is 20.0 Å². The molecule has 4 nitrogen and oxygen atoms in total. The van der Waals surface area contributed by atoms with Gasteiger partial charge in [-0.2, -0.15) is 0 Å². The van der Waals surface area contributed by atoms with Crippen molar-refractivity contribution in [3.8, 4) is 0 Å². The molecule has 1 N–H and O–H groups in total. The lowest BCUT2D eigenvalue weighted by molar-refractivity contribution is -0.127. The number of aliphatic hydroxyl groups is 1. The monoisotopic (exact) mass is 268 g/mol. The second-order valence-electron chi connectivity index (χ2n) is 4.62. The highest BCUT2D eigenvalue weighted by Crippen LogP contribution is 2.25. The third-order valence-electron chi connectivity index (χ3n) is 2.88. The summed E-state index contributed by atoms with van der Waals surface area (Å²) in [6.07, 6.45) is 0.792. The Labute approximate surface area is 113 Å². The molecule has 0 bridgehead atoms. The van der Waals surface area contributed by atoms with E-state index in [4.69, 9.17) is 0 Å². The van der Waals surface area contributed by atoms with Crippen LogP contribution in [0.3, 0.4) is 0 Å². The first kappa shape index (κ1) is 15.4. The normalized spacial score (nSPS) is 10.4. The Morgan fingerprint density at radius 1 is 1.37 bits per heavy atom. The van der Waals surface area contributed by atoms with Gasteiger partial charge in [-0.05, 0) is 12.5 Å². The fourth-order valence-corrected chi connectivity index (χ4v) is 1.89. The predicted octanol–water partition coefficient (Wildman–Crippen LogP) is 1.62. The molecule has 0 radical (unpaired) electrons. The molecule has 0 spiro atoms. The van der Waals surface area contributed by atoms with Crippen molar-refractivity contribution < 1.29 is 14.3 Å². The molecule has 1 rings (SSSR count). The van der Waals surface area contributed by atoms with Gasteiger partial charge in [0, 0.05) is 26.2 Å². The average Bonchev–Trinajstić information content (AvgIpc) is 2.37. The average molecular weight is 268 g/mol. The van der Waals surface area contributed by atoms with Gasteiger partial charge < -0.3 is 14.9 Å². The van der Waals surface area contributed by atoms with E-state index in [9.17, 15) is 14.3 Å². The van der Waals surface area contributed by atoms with E-state index in [0.717, 1.165) is 6.42 Å². The summed E-state index contributed by atoms with van der Waals surface area (Å²) in [4.78, 5) is 15.0. The summed E-state index contributed by atoms with van der Waals surface area (Å²) in [6, 6.07) is 4.57. The summed E-state index contributed by atoms with van der Waals surface area (Å²) >= 11 is 0. The van der Waals surface area contributed by atoms with Crippen LogP contribution in [0.1, 0.15) is 18.9 Å². The van der Waals surface area contributed by atoms with Crippen LogP contribution in [0.25, 0.3) is 0 Å². The first-order chi connectivity index (χ1) is 9.01. The Morgan fingerprint density at radius 3 is 2.58 bits per heavy atom.